The molecule has 0 aromatic heterocycles. The Balaban J connectivity index is 2.57. The highest BCUT2D eigenvalue weighted by atomic mass is 79.9. The smallest absolute Gasteiger partial charge is 0.337 e. The van der Waals surface area contributed by atoms with Crippen LogP contribution in [0.25, 0.3) is 0 Å². The molecule has 0 spiro atoms. The fraction of sp³-hybridized carbons (Fsp3) is 0.429. The maximum Gasteiger partial charge on any atom is 0.337 e. The molecule has 0 saturated heterocycles. The zero-order valence-electron chi connectivity index (χ0n) is 12.2. The minimum atomic E-state index is -1.08. The predicted octanol–water partition coefficient (Wildman–Crippen LogP) is 0.774. The molecule has 1 aromatic rings. The van der Waals surface area contributed by atoms with Crippen molar-refractivity contribution in [2.24, 2.45) is 0 Å². The number of likely N-dealkylation sites (N-methyl/N-ethyl adjacent to an activating group) is 1. The van der Waals surface area contributed by atoms with E-state index in [1.807, 2.05) is 0 Å². The van der Waals surface area contributed by atoms with Crippen LogP contribution in [0.15, 0.2) is 22.7 Å². The molecular weight excluding hydrogens is 340 g/mol. The highest BCUT2D eigenvalue weighted by Gasteiger charge is 2.16. The summed E-state index contributed by atoms with van der Waals surface area (Å²) in [6.07, 6.45) is -1.08. The van der Waals surface area contributed by atoms with Crippen molar-refractivity contribution in [3.05, 3.63) is 33.8 Å². The Morgan fingerprint density at radius 1 is 1.43 bits per heavy atom. The Hall–Kier alpha value is -1.44. The van der Waals surface area contributed by atoms with Crippen LogP contribution in [0.3, 0.4) is 0 Å². The first-order chi connectivity index (χ1) is 9.86. The molecule has 7 heteroatoms. The Labute approximate surface area is 132 Å². The molecule has 1 amide bonds. The molecule has 0 heterocycles. The molecular formula is C14H19BrN2O4. The van der Waals surface area contributed by atoms with Gasteiger partial charge in [0.1, 0.15) is 6.10 Å². The van der Waals surface area contributed by atoms with Crippen LogP contribution < -0.4 is 5.32 Å². The number of benzene rings is 1. The van der Waals surface area contributed by atoms with E-state index < -0.39 is 12.1 Å². The van der Waals surface area contributed by atoms with Crippen LogP contribution >= 0.6 is 15.9 Å². The van der Waals surface area contributed by atoms with E-state index in [0.29, 0.717) is 12.1 Å². The third-order valence-corrected chi connectivity index (χ3v) is 3.59. The minimum Gasteiger partial charge on any atom is -0.465 e. The summed E-state index contributed by atoms with van der Waals surface area (Å²) in [5.41, 5.74) is 1.36. The molecule has 1 unspecified atom stereocenters. The summed E-state index contributed by atoms with van der Waals surface area (Å²) >= 11 is 3.38. The lowest BCUT2D eigenvalue weighted by atomic mass is 10.1. The molecule has 0 aliphatic carbocycles. The molecule has 0 fully saturated rings. The molecule has 0 saturated carbocycles. The van der Waals surface area contributed by atoms with Crippen molar-refractivity contribution in [1.29, 1.82) is 0 Å². The van der Waals surface area contributed by atoms with E-state index >= 15 is 0 Å². The summed E-state index contributed by atoms with van der Waals surface area (Å²) in [6, 6.07) is 5.11. The molecule has 0 radical (unpaired) electrons. The molecule has 1 atom stereocenters. The van der Waals surface area contributed by atoms with Gasteiger partial charge in [-0.2, -0.15) is 0 Å². The van der Waals surface area contributed by atoms with E-state index in [1.165, 1.54) is 12.0 Å². The molecule has 2 N–H and O–H groups in total. The number of hydrogen-bond donors (Lipinski definition) is 2. The molecule has 6 nitrogen and oxygen atoms in total. The zero-order valence-corrected chi connectivity index (χ0v) is 13.8. The van der Waals surface area contributed by atoms with Crippen LogP contribution in [0.2, 0.25) is 0 Å². The number of amides is 1. The lowest BCUT2D eigenvalue weighted by Gasteiger charge is -2.16. The third kappa shape index (κ3) is 5.11. The van der Waals surface area contributed by atoms with Gasteiger partial charge < -0.3 is 20.1 Å². The number of nitrogens with one attached hydrogen (secondary N) is 1. The van der Waals surface area contributed by atoms with Gasteiger partial charge in [0.05, 0.1) is 12.7 Å². The standard InChI is InChI=1S/C14H19BrN2O4/c1-17(2)13(19)12(18)8-16-7-10-5-4-9(6-11(10)15)14(20)21-3/h4-6,12,16,18H,7-8H2,1-3H3. The second-order valence-corrected chi connectivity index (χ2v) is 5.53. The van der Waals surface area contributed by atoms with Crippen molar-refractivity contribution in [2.45, 2.75) is 12.6 Å². The summed E-state index contributed by atoms with van der Waals surface area (Å²) in [5.74, 6) is -0.746. The van der Waals surface area contributed by atoms with Crippen LogP contribution in [-0.2, 0) is 16.1 Å². The molecule has 0 aliphatic heterocycles. The van der Waals surface area contributed by atoms with Gasteiger partial charge in [0.25, 0.3) is 5.91 Å². The summed E-state index contributed by atoms with van der Waals surface area (Å²) in [6.45, 7) is 0.613. The van der Waals surface area contributed by atoms with Crippen molar-refractivity contribution >= 4 is 27.8 Å². The first-order valence-corrected chi connectivity index (χ1v) is 7.12. The van der Waals surface area contributed by atoms with Crippen molar-refractivity contribution in [3.63, 3.8) is 0 Å². The first kappa shape index (κ1) is 17.6. The van der Waals surface area contributed by atoms with Gasteiger partial charge in [0.2, 0.25) is 0 Å². The minimum absolute atomic E-state index is 0.155. The number of esters is 1. The van der Waals surface area contributed by atoms with Gasteiger partial charge in [-0.3, -0.25) is 4.79 Å². The Kier molecular flexibility index (Phi) is 6.80. The first-order valence-electron chi connectivity index (χ1n) is 6.33. The molecule has 116 valence electrons. The quantitative estimate of drug-likeness (QED) is 0.734. The lowest BCUT2D eigenvalue weighted by molar-refractivity contribution is -0.137. The maximum absolute atomic E-state index is 11.5. The number of rotatable bonds is 6. The SMILES string of the molecule is COC(=O)c1ccc(CNCC(O)C(=O)N(C)C)c(Br)c1. The molecule has 1 rings (SSSR count). The van der Waals surface area contributed by atoms with Gasteiger partial charge in [0, 0.05) is 31.7 Å². The van der Waals surface area contributed by atoms with Crippen molar-refractivity contribution < 1.29 is 19.4 Å². The lowest BCUT2D eigenvalue weighted by Crippen LogP contribution is -2.40. The van der Waals surface area contributed by atoms with E-state index in [4.69, 9.17) is 0 Å². The summed E-state index contributed by atoms with van der Waals surface area (Å²) < 4.78 is 5.40. The number of halogens is 1. The van der Waals surface area contributed by atoms with Crippen molar-refractivity contribution in [3.8, 4) is 0 Å². The Morgan fingerprint density at radius 3 is 2.62 bits per heavy atom. The van der Waals surface area contributed by atoms with Crippen molar-refractivity contribution in [1.82, 2.24) is 10.2 Å². The van der Waals surface area contributed by atoms with Crippen LogP contribution in [0, 0.1) is 0 Å². The average molecular weight is 359 g/mol. The topological polar surface area (TPSA) is 78.9 Å². The monoisotopic (exact) mass is 358 g/mol. The van der Waals surface area contributed by atoms with E-state index in [9.17, 15) is 14.7 Å². The molecule has 21 heavy (non-hydrogen) atoms. The Morgan fingerprint density at radius 2 is 2.10 bits per heavy atom. The van der Waals surface area contributed by atoms with E-state index in [1.54, 1.807) is 32.3 Å². The average Bonchev–Trinajstić information content (AvgIpc) is 2.46. The maximum atomic E-state index is 11.5. The van der Waals surface area contributed by atoms with E-state index in [2.05, 4.69) is 26.0 Å². The van der Waals surface area contributed by atoms with Gasteiger partial charge in [0.15, 0.2) is 0 Å². The van der Waals surface area contributed by atoms with Gasteiger partial charge >= 0.3 is 5.97 Å². The van der Waals surface area contributed by atoms with Crippen LogP contribution in [0.4, 0.5) is 0 Å². The second kappa shape index (κ2) is 8.11. The number of aliphatic hydroxyl groups is 1. The second-order valence-electron chi connectivity index (χ2n) is 4.68. The van der Waals surface area contributed by atoms with Crippen LogP contribution in [0.1, 0.15) is 15.9 Å². The van der Waals surface area contributed by atoms with Gasteiger partial charge in [-0.05, 0) is 17.7 Å². The number of hydrogen-bond acceptors (Lipinski definition) is 5. The van der Waals surface area contributed by atoms with E-state index in [-0.39, 0.29) is 12.5 Å². The summed E-state index contributed by atoms with van der Waals surface area (Å²) in [7, 11) is 4.51. The number of carbonyl (C=O) groups excluding carboxylic acids is 2. The number of carbonyl (C=O) groups is 2. The van der Waals surface area contributed by atoms with Gasteiger partial charge in [-0.25, -0.2) is 4.79 Å². The fourth-order valence-electron chi connectivity index (χ4n) is 1.66. The highest BCUT2D eigenvalue weighted by molar-refractivity contribution is 9.10. The largest absolute Gasteiger partial charge is 0.465 e. The molecule has 0 bridgehead atoms. The summed E-state index contributed by atoms with van der Waals surface area (Å²) in [4.78, 5) is 24.2. The number of ether oxygens (including phenoxy) is 1. The zero-order chi connectivity index (χ0) is 16.0. The number of aliphatic hydroxyl groups excluding tert-OH is 1. The van der Waals surface area contributed by atoms with Crippen LogP contribution in [-0.4, -0.2) is 55.7 Å². The Bertz CT molecular complexity index is 520. The number of methoxy groups -OCH3 is 1. The third-order valence-electron chi connectivity index (χ3n) is 2.85. The van der Waals surface area contributed by atoms with E-state index in [0.717, 1.165) is 10.0 Å². The van der Waals surface area contributed by atoms with Crippen LogP contribution in [0.5, 0.6) is 0 Å². The fourth-order valence-corrected chi connectivity index (χ4v) is 2.18. The van der Waals surface area contributed by atoms with Gasteiger partial charge in [-0.1, -0.05) is 22.0 Å². The highest BCUT2D eigenvalue weighted by Crippen LogP contribution is 2.19. The normalized spacial score (nSPS) is 11.9. The van der Waals surface area contributed by atoms with Gasteiger partial charge in [-0.15, -0.1) is 0 Å². The van der Waals surface area contributed by atoms with Crippen molar-refractivity contribution in [2.75, 3.05) is 27.7 Å². The summed E-state index contributed by atoms with van der Waals surface area (Å²) in [5, 5.41) is 12.7. The molecule has 1 aromatic carbocycles. The molecule has 0 aliphatic rings. The number of nitrogens with zero attached hydrogens (tertiary/aromatic N) is 1. The predicted molar refractivity (Wildman–Crippen MR) is 81.9 cm³/mol.